The van der Waals surface area contributed by atoms with Crippen LogP contribution in [0.2, 0.25) is 0 Å². The van der Waals surface area contributed by atoms with Crippen molar-refractivity contribution >= 4 is 11.8 Å². The Kier molecular flexibility index (Phi) is 6.71. The van der Waals surface area contributed by atoms with E-state index in [9.17, 15) is 9.59 Å². The van der Waals surface area contributed by atoms with E-state index < -0.39 is 0 Å². The fraction of sp³-hybridized carbons (Fsp3) is 0.429. The maximum Gasteiger partial charge on any atom is 0.289 e. The molecule has 2 amide bonds. The highest BCUT2D eigenvalue weighted by Crippen LogP contribution is 2.34. The minimum atomic E-state index is -0.324. The molecule has 150 valence electrons. The molecule has 2 atom stereocenters. The van der Waals surface area contributed by atoms with Gasteiger partial charge in [-0.15, -0.1) is 0 Å². The summed E-state index contributed by atoms with van der Waals surface area (Å²) in [5.41, 5.74) is 1.01. The average Bonchev–Trinajstić information content (AvgIpc) is 3.41. The lowest BCUT2D eigenvalue weighted by Gasteiger charge is -2.18. The first-order valence-corrected chi connectivity index (χ1v) is 9.37. The van der Waals surface area contributed by atoms with Crippen molar-refractivity contribution in [2.24, 2.45) is 5.92 Å². The fourth-order valence-corrected chi connectivity index (χ4v) is 3.54. The van der Waals surface area contributed by atoms with Crippen molar-refractivity contribution in [2.45, 2.75) is 12.3 Å². The van der Waals surface area contributed by atoms with Crippen LogP contribution in [0, 0.1) is 5.92 Å². The molecule has 0 aliphatic carbocycles. The lowest BCUT2D eigenvalue weighted by atomic mass is 9.88. The predicted molar refractivity (Wildman–Crippen MR) is 103 cm³/mol. The molecule has 1 aromatic heterocycles. The van der Waals surface area contributed by atoms with Crippen LogP contribution >= 0.6 is 0 Å². The van der Waals surface area contributed by atoms with Crippen molar-refractivity contribution in [3.63, 3.8) is 0 Å². The Morgan fingerprint density at radius 3 is 2.61 bits per heavy atom. The Balaban J connectivity index is 1.76. The molecule has 0 radical (unpaired) electrons. The van der Waals surface area contributed by atoms with Gasteiger partial charge in [0.25, 0.3) is 5.91 Å². The highest BCUT2D eigenvalue weighted by molar-refractivity contribution is 5.92. The van der Waals surface area contributed by atoms with Crippen molar-refractivity contribution < 1.29 is 23.5 Å². The van der Waals surface area contributed by atoms with Crippen LogP contribution < -0.4 is 10.1 Å². The van der Waals surface area contributed by atoms with Gasteiger partial charge in [-0.25, -0.2) is 0 Å². The summed E-state index contributed by atoms with van der Waals surface area (Å²) in [4.78, 5) is 27.2. The Hall–Kier alpha value is -2.80. The number of benzene rings is 1. The monoisotopic (exact) mass is 386 g/mol. The Bertz CT molecular complexity index is 773. The predicted octanol–water partition coefficient (Wildman–Crippen LogP) is 2.30. The van der Waals surface area contributed by atoms with E-state index in [2.05, 4.69) is 5.32 Å². The second-order valence-corrected chi connectivity index (χ2v) is 6.81. The van der Waals surface area contributed by atoms with Crippen LogP contribution in [-0.4, -0.2) is 57.2 Å². The quantitative estimate of drug-likeness (QED) is 0.704. The van der Waals surface area contributed by atoms with E-state index in [0.29, 0.717) is 26.2 Å². The van der Waals surface area contributed by atoms with Crippen LogP contribution in [0.1, 0.15) is 28.5 Å². The van der Waals surface area contributed by atoms with Gasteiger partial charge in [0.05, 0.1) is 19.3 Å². The third kappa shape index (κ3) is 4.54. The van der Waals surface area contributed by atoms with Gasteiger partial charge >= 0.3 is 0 Å². The molecule has 1 aliphatic heterocycles. The van der Waals surface area contributed by atoms with Crippen molar-refractivity contribution in [3.05, 3.63) is 54.0 Å². The molecule has 1 N–H and O–H groups in total. The lowest BCUT2D eigenvalue weighted by molar-refractivity contribution is -0.124. The first kappa shape index (κ1) is 19.9. The van der Waals surface area contributed by atoms with Gasteiger partial charge in [-0.05, 0) is 36.2 Å². The number of ether oxygens (including phenoxy) is 2. The highest BCUT2D eigenvalue weighted by Gasteiger charge is 2.41. The molecule has 28 heavy (non-hydrogen) atoms. The highest BCUT2D eigenvalue weighted by atomic mass is 16.5. The number of nitrogens with zero attached hydrogens (tertiary/aromatic N) is 1. The van der Waals surface area contributed by atoms with Crippen molar-refractivity contribution in [2.75, 3.05) is 40.5 Å². The molecule has 0 saturated carbocycles. The minimum Gasteiger partial charge on any atom is -0.497 e. The lowest BCUT2D eigenvalue weighted by Crippen LogP contribution is -2.36. The van der Waals surface area contributed by atoms with E-state index in [4.69, 9.17) is 13.9 Å². The van der Waals surface area contributed by atoms with E-state index in [-0.39, 0.29) is 29.4 Å². The summed E-state index contributed by atoms with van der Waals surface area (Å²) in [6, 6.07) is 11.0. The summed E-state index contributed by atoms with van der Waals surface area (Å²) in [6.45, 7) is 1.95. The zero-order valence-corrected chi connectivity index (χ0v) is 16.2. The van der Waals surface area contributed by atoms with Crippen molar-refractivity contribution in [3.8, 4) is 5.75 Å². The second kappa shape index (κ2) is 9.41. The zero-order valence-electron chi connectivity index (χ0n) is 16.2. The summed E-state index contributed by atoms with van der Waals surface area (Å²) in [7, 11) is 3.25. The molecule has 1 aromatic carbocycles. The molecule has 3 rings (SSSR count). The van der Waals surface area contributed by atoms with E-state index in [0.717, 1.165) is 17.7 Å². The summed E-state index contributed by atoms with van der Waals surface area (Å²) in [5.74, 6) is 0.382. The van der Waals surface area contributed by atoms with Gasteiger partial charge in [-0.3, -0.25) is 9.59 Å². The normalized spacial score (nSPS) is 18.9. The van der Waals surface area contributed by atoms with Crippen LogP contribution in [0.25, 0.3) is 0 Å². The SMILES string of the molecule is COCCCNC(=O)[C@H]1CN(C(=O)c2ccco2)C[C@@H]1c1ccc(OC)cc1. The Labute approximate surface area is 164 Å². The molecule has 2 aromatic rings. The van der Waals surface area contributed by atoms with Gasteiger partial charge in [0, 0.05) is 39.3 Å². The molecular weight excluding hydrogens is 360 g/mol. The van der Waals surface area contributed by atoms with Crippen LogP contribution in [0.4, 0.5) is 0 Å². The van der Waals surface area contributed by atoms with Crippen LogP contribution in [-0.2, 0) is 9.53 Å². The third-order valence-corrected chi connectivity index (χ3v) is 5.04. The number of carbonyl (C=O) groups is 2. The summed E-state index contributed by atoms with van der Waals surface area (Å²) in [5, 5.41) is 2.97. The Morgan fingerprint density at radius 1 is 1.18 bits per heavy atom. The summed E-state index contributed by atoms with van der Waals surface area (Å²) < 4.78 is 15.5. The van der Waals surface area contributed by atoms with Crippen LogP contribution in [0.5, 0.6) is 5.75 Å². The standard InChI is InChI=1S/C21H26N2O5/c1-26-11-4-10-22-20(24)18-14-23(21(25)19-5-3-12-28-19)13-17(18)15-6-8-16(27-2)9-7-15/h3,5-9,12,17-18H,4,10-11,13-14H2,1-2H3,(H,22,24)/t17-,18+/m1/s1. The first-order chi connectivity index (χ1) is 13.6. The molecule has 0 spiro atoms. The van der Waals surface area contributed by atoms with E-state index in [1.165, 1.54) is 6.26 Å². The van der Waals surface area contributed by atoms with Gasteiger partial charge in [-0.2, -0.15) is 0 Å². The third-order valence-electron chi connectivity index (χ3n) is 5.04. The maximum absolute atomic E-state index is 12.8. The van der Waals surface area contributed by atoms with Crippen molar-refractivity contribution in [1.82, 2.24) is 10.2 Å². The molecule has 2 heterocycles. The van der Waals surface area contributed by atoms with Crippen molar-refractivity contribution in [1.29, 1.82) is 0 Å². The largest absolute Gasteiger partial charge is 0.497 e. The molecule has 1 fully saturated rings. The number of likely N-dealkylation sites (tertiary alicyclic amines) is 1. The average molecular weight is 386 g/mol. The number of furan rings is 1. The minimum absolute atomic E-state index is 0.0494. The molecule has 0 bridgehead atoms. The van der Waals surface area contributed by atoms with Gasteiger partial charge in [-0.1, -0.05) is 12.1 Å². The fourth-order valence-electron chi connectivity index (χ4n) is 3.54. The van der Waals surface area contributed by atoms with E-state index in [1.807, 2.05) is 24.3 Å². The summed E-state index contributed by atoms with van der Waals surface area (Å²) in [6.07, 6.45) is 2.22. The second-order valence-electron chi connectivity index (χ2n) is 6.81. The number of methoxy groups -OCH3 is 2. The molecule has 7 nitrogen and oxygen atoms in total. The molecule has 1 saturated heterocycles. The number of rotatable bonds is 8. The van der Waals surface area contributed by atoms with Gasteiger partial charge < -0.3 is 24.1 Å². The number of carbonyl (C=O) groups excluding carboxylic acids is 2. The first-order valence-electron chi connectivity index (χ1n) is 9.37. The van der Waals surface area contributed by atoms with Crippen LogP contribution in [0.3, 0.4) is 0 Å². The topological polar surface area (TPSA) is 81.0 Å². The van der Waals surface area contributed by atoms with Gasteiger partial charge in [0.1, 0.15) is 5.75 Å². The maximum atomic E-state index is 12.8. The van der Waals surface area contributed by atoms with E-state index in [1.54, 1.807) is 31.3 Å². The van der Waals surface area contributed by atoms with Crippen LogP contribution in [0.15, 0.2) is 47.1 Å². The summed E-state index contributed by atoms with van der Waals surface area (Å²) >= 11 is 0. The zero-order chi connectivity index (χ0) is 19.9. The number of nitrogens with one attached hydrogen (secondary N) is 1. The molecule has 0 unspecified atom stereocenters. The smallest absolute Gasteiger partial charge is 0.289 e. The molecular formula is C21H26N2O5. The van der Waals surface area contributed by atoms with E-state index >= 15 is 0 Å². The number of hydrogen-bond donors (Lipinski definition) is 1. The van der Waals surface area contributed by atoms with Gasteiger partial charge in [0.2, 0.25) is 5.91 Å². The number of amides is 2. The molecule has 1 aliphatic rings. The Morgan fingerprint density at radius 2 is 1.96 bits per heavy atom. The molecule has 7 heteroatoms. The van der Waals surface area contributed by atoms with Gasteiger partial charge in [0.15, 0.2) is 5.76 Å². The number of hydrogen-bond acceptors (Lipinski definition) is 5.